The quantitative estimate of drug-likeness (QED) is 0.621. The minimum Gasteiger partial charge on any atom is -0.376 e. The van der Waals surface area contributed by atoms with Gasteiger partial charge in [0, 0.05) is 24.4 Å². The molecule has 1 N–H and O–H groups in total. The van der Waals surface area contributed by atoms with Crippen molar-refractivity contribution in [3.05, 3.63) is 21.7 Å². The highest BCUT2D eigenvalue weighted by atomic mass is 32.2. The average Bonchev–Trinajstić information content (AvgIpc) is 3.09. The zero-order valence-corrected chi connectivity index (χ0v) is 15.0. The highest BCUT2D eigenvalue weighted by Gasteiger charge is 2.24. The first kappa shape index (κ1) is 17.5. The Hall–Kier alpha value is -1.34. The molecule has 1 amide bonds. The molecule has 7 heteroatoms. The van der Waals surface area contributed by atoms with E-state index in [1.165, 1.54) is 11.8 Å². The molecule has 2 aliphatic rings. The monoisotopic (exact) mass is 351 g/mol. The number of rotatable bonds is 6. The van der Waals surface area contributed by atoms with Gasteiger partial charge in [-0.1, -0.05) is 11.8 Å². The normalized spacial score (nSPS) is 20.0. The Morgan fingerprint density at radius 3 is 2.96 bits per heavy atom. The Balaban J connectivity index is 1.84. The third kappa shape index (κ3) is 4.00. The van der Waals surface area contributed by atoms with Crippen LogP contribution in [0.4, 0.5) is 0 Å². The fourth-order valence-corrected chi connectivity index (χ4v) is 4.34. The molecule has 132 valence electrons. The van der Waals surface area contributed by atoms with Gasteiger partial charge in [0.25, 0.3) is 0 Å². The van der Waals surface area contributed by atoms with Crippen molar-refractivity contribution in [2.24, 2.45) is 0 Å². The van der Waals surface area contributed by atoms with Crippen LogP contribution in [0.15, 0.2) is 9.82 Å². The van der Waals surface area contributed by atoms with Crippen molar-refractivity contribution < 1.29 is 9.53 Å². The van der Waals surface area contributed by atoms with E-state index in [1.54, 1.807) is 0 Å². The first-order chi connectivity index (χ1) is 11.7. The molecule has 0 radical (unpaired) electrons. The van der Waals surface area contributed by atoms with Crippen LogP contribution in [0.3, 0.4) is 0 Å². The lowest BCUT2D eigenvalue weighted by Crippen LogP contribution is -2.34. The Labute approximate surface area is 146 Å². The lowest BCUT2D eigenvalue weighted by atomic mass is 9.97. The largest absolute Gasteiger partial charge is 0.376 e. The van der Waals surface area contributed by atoms with Crippen LogP contribution < -0.4 is 11.0 Å². The van der Waals surface area contributed by atoms with E-state index in [0.29, 0.717) is 18.8 Å². The molecule has 1 atom stereocenters. The SMILES string of the molecule is CCNC(=O)CSc1nc(=O)n(CC2CCCO2)c2c1CCCC2. The molecular formula is C17H25N3O3S. The van der Waals surface area contributed by atoms with Crippen molar-refractivity contribution in [3.63, 3.8) is 0 Å². The zero-order chi connectivity index (χ0) is 16.9. The molecule has 0 spiro atoms. The Morgan fingerprint density at radius 1 is 1.38 bits per heavy atom. The van der Waals surface area contributed by atoms with E-state index in [2.05, 4.69) is 10.3 Å². The number of carbonyl (C=O) groups is 1. The first-order valence-corrected chi connectivity index (χ1v) is 9.81. The van der Waals surface area contributed by atoms with Crippen molar-refractivity contribution in [1.29, 1.82) is 0 Å². The van der Waals surface area contributed by atoms with Gasteiger partial charge in [-0.15, -0.1) is 0 Å². The fourth-order valence-electron chi connectivity index (χ4n) is 3.43. The molecule has 1 aliphatic carbocycles. The van der Waals surface area contributed by atoms with E-state index >= 15 is 0 Å². The summed E-state index contributed by atoms with van der Waals surface area (Å²) in [6, 6.07) is 0. The minimum absolute atomic E-state index is 0.0163. The number of nitrogens with one attached hydrogen (secondary N) is 1. The van der Waals surface area contributed by atoms with Gasteiger partial charge in [-0.2, -0.15) is 4.98 Å². The van der Waals surface area contributed by atoms with Gasteiger partial charge in [-0.3, -0.25) is 9.36 Å². The van der Waals surface area contributed by atoms with Crippen molar-refractivity contribution in [1.82, 2.24) is 14.9 Å². The molecule has 2 heterocycles. The van der Waals surface area contributed by atoms with Crippen LogP contribution in [0.2, 0.25) is 0 Å². The number of ether oxygens (including phenoxy) is 1. The zero-order valence-electron chi connectivity index (χ0n) is 14.2. The number of amides is 1. The van der Waals surface area contributed by atoms with E-state index in [9.17, 15) is 9.59 Å². The molecule has 1 aliphatic heterocycles. The maximum Gasteiger partial charge on any atom is 0.348 e. The molecule has 1 saturated heterocycles. The molecule has 1 aromatic heterocycles. The summed E-state index contributed by atoms with van der Waals surface area (Å²) in [6.45, 7) is 3.91. The standard InChI is InChI=1S/C17H25N3O3S/c1-2-18-15(21)11-24-16-13-7-3-4-8-14(13)20(17(22)19-16)10-12-6-5-9-23-12/h12H,2-11H2,1H3,(H,18,21). The number of fused-ring (bicyclic) bond motifs is 1. The van der Waals surface area contributed by atoms with Crippen LogP contribution >= 0.6 is 11.8 Å². The van der Waals surface area contributed by atoms with Gasteiger partial charge in [0.1, 0.15) is 5.03 Å². The molecule has 1 unspecified atom stereocenters. The smallest absolute Gasteiger partial charge is 0.348 e. The van der Waals surface area contributed by atoms with Crippen LogP contribution in [0.5, 0.6) is 0 Å². The fraction of sp³-hybridized carbons (Fsp3) is 0.706. The maximum absolute atomic E-state index is 12.6. The van der Waals surface area contributed by atoms with Gasteiger partial charge >= 0.3 is 5.69 Å². The molecule has 1 aromatic rings. The van der Waals surface area contributed by atoms with Crippen LogP contribution in [-0.4, -0.2) is 40.5 Å². The summed E-state index contributed by atoms with van der Waals surface area (Å²) >= 11 is 1.38. The van der Waals surface area contributed by atoms with E-state index in [0.717, 1.165) is 61.4 Å². The second-order valence-electron chi connectivity index (χ2n) is 6.32. The number of hydrogen-bond acceptors (Lipinski definition) is 5. The summed E-state index contributed by atoms with van der Waals surface area (Å²) in [5, 5.41) is 3.52. The predicted molar refractivity (Wildman–Crippen MR) is 93.5 cm³/mol. The molecular weight excluding hydrogens is 326 g/mol. The predicted octanol–water partition coefficient (Wildman–Crippen LogP) is 1.53. The number of thioether (sulfide) groups is 1. The van der Waals surface area contributed by atoms with Gasteiger partial charge in [0.2, 0.25) is 5.91 Å². The van der Waals surface area contributed by atoms with Crippen LogP contribution in [0, 0.1) is 0 Å². The lowest BCUT2D eigenvalue weighted by Gasteiger charge is -2.24. The van der Waals surface area contributed by atoms with Crippen molar-refractivity contribution in [2.45, 2.75) is 63.1 Å². The molecule has 1 fully saturated rings. The third-order valence-electron chi connectivity index (χ3n) is 4.57. The summed E-state index contributed by atoms with van der Waals surface area (Å²) in [6.07, 6.45) is 6.26. The summed E-state index contributed by atoms with van der Waals surface area (Å²) in [4.78, 5) is 28.6. The van der Waals surface area contributed by atoms with E-state index in [4.69, 9.17) is 4.74 Å². The van der Waals surface area contributed by atoms with E-state index < -0.39 is 0 Å². The van der Waals surface area contributed by atoms with Gasteiger partial charge < -0.3 is 10.1 Å². The summed E-state index contributed by atoms with van der Waals surface area (Å²) in [5.41, 5.74) is 2.06. The highest BCUT2D eigenvalue weighted by Crippen LogP contribution is 2.29. The topological polar surface area (TPSA) is 73.2 Å². The molecule has 0 aromatic carbocycles. The lowest BCUT2D eigenvalue weighted by molar-refractivity contribution is -0.118. The molecule has 6 nitrogen and oxygen atoms in total. The average molecular weight is 351 g/mol. The number of hydrogen-bond donors (Lipinski definition) is 1. The summed E-state index contributed by atoms with van der Waals surface area (Å²) in [5.74, 6) is 0.292. The molecule has 24 heavy (non-hydrogen) atoms. The molecule has 0 saturated carbocycles. The Bertz CT molecular complexity index is 653. The van der Waals surface area contributed by atoms with Gasteiger partial charge in [0.05, 0.1) is 18.4 Å². The van der Waals surface area contributed by atoms with Crippen LogP contribution in [0.1, 0.15) is 43.9 Å². The van der Waals surface area contributed by atoms with E-state index in [1.807, 2.05) is 11.5 Å². The maximum atomic E-state index is 12.6. The van der Waals surface area contributed by atoms with Crippen LogP contribution in [0.25, 0.3) is 0 Å². The molecule has 0 bridgehead atoms. The third-order valence-corrected chi connectivity index (χ3v) is 5.59. The summed E-state index contributed by atoms with van der Waals surface area (Å²) in [7, 11) is 0. The van der Waals surface area contributed by atoms with Gasteiger partial charge in [0.15, 0.2) is 0 Å². The van der Waals surface area contributed by atoms with Crippen molar-refractivity contribution >= 4 is 17.7 Å². The molecule has 3 rings (SSSR count). The second-order valence-corrected chi connectivity index (χ2v) is 7.28. The number of nitrogens with zero attached hydrogens (tertiary/aromatic N) is 2. The first-order valence-electron chi connectivity index (χ1n) is 8.82. The van der Waals surface area contributed by atoms with Gasteiger partial charge in [-0.25, -0.2) is 4.79 Å². The number of carbonyl (C=O) groups excluding carboxylic acids is 1. The van der Waals surface area contributed by atoms with Crippen molar-refractivity contribution in [2.75, 3.05) is 18.9 Å². The van der Waals surface area contributed by atoms with E-state index in [-0.39, 0.29) is 17.7 Å². The minimum atomic E-state index is -0.204. The van der Waals surface area contributed by atoms with Gasteiger partial charge in [-0.05, 0) is 45.4 Å². The summed E-state index contributed by atoms with van der Waals surface area (Å²) < 4.78 is 7.51. The van der Waals surface area contributed by atoms with Crippen molar-refractivity contribution in [3.8, 4) is 0 Å². The Morgan fingerprint density at radius 2 is 2.21 bits per heavy atom. The Kier molecular flexibility index (Phi) is 5.94. The second kappa shape index (κ2) is 8.16. The number of aromatic nitrogens is 2. The van der Waals surface area contributed by atoms with Crippen LogP contribution in [-0.2, 0) is 28.9 Å². The highest BCUT2D eigenvalue weighted by molar-refractivity contribution is 7.99.